The second kappa shape index (κ2) is 8.44. The fraction of sp³-hybridized carbons (Fsp3) is 0.0556. The summed E-state index contributed by atoms with van der Waals surface area (Å²) in [7, 11) is 0. The predicted octanol–water partition coefficient (Wildman–Crippen LogP) is 1.78. The number of aromatic hydroxyl groups is 1. The van der Waals surface area contributed by atoms with Crippen LogP contribution in [-0.4, -0.2) is 34.2 Å². The van der Waals surface area contributed by atoms with E-state index in [-0.39, 0.29) is 16.4 Å². The SMILES string of the molecule is O=C(N/N=C\[C@H]1C(=O)NC(=S)N(c2ccccc2)C1=O)c1ccc(I)c(O)c1. The van der Waals surface area contributed by atoms with Crippen LogP contribution in [0.25, 0.3) is 0 Å². The van der Waals surface area contributed by atoms with Crippen molar-refractivity contribution >= 4 is 69.5 Å². The number of anilines is 1. The molecule has 0 bridgehead atoms. The molecule has 0 unspecified atom stereocenters. The number of hydrogen-bond donors (Lipinski definition) is 3. The van der Waals surface area contributed by atoms with E-state index < -0.39 is 23.6 Å². The van der Waals surface area contributed by atoms with Crippen molar-refractivity contribution in [1.82, 2.24) is 10.7 Å². The first-order valence-corrected chi connectivity index (χ1v) is 9.43. The van der Waals surface area contributed by atoms with Gasteiger partial charge in [-0.3, -0.25) is 19.3 Å². The summed E-state index contributed by atoms with van der Waals surface area (Å²) >= 11 is 7.02. The number of phenolic OH excluding ortho intramolecular Hbond substituents is 1. The molecular weight excluding hydrogens is 495 g/mol. The predicted molar refractivity (Wildman–Crippen MR) is 115 cm³/mol. The number of nitrogens with zero attached hydrogens (tertiary/aromatic N) is 2. The summed E-state index contributed by atoms with van der Waals surface area (Å²) in [4.78, 5) is 38.1. The van der Waals surface area contributed by atoms with Gasteiger partial charge in [-0.2, -0.15) is 5.10 Å². The van der Waals surface area contributed by atoms with E-state index >= 15 is 0 Å². The monoisotopic (exact) mass is 508 g/mol. The summed E-state index contributed by atoms with van der Waals surface area (Å²) in [6.45, 7) is 0. The third-order valence-electron chi connectivity index (χ3n) is 3.81. The third-order valence-corrected chi connectivity index (χ3v) is 5.01. The van der Waals surface area contributed by atoms with Gasteiger partial charge in [-0.1, -0.05) is 18.2 Å². The van der Waals surface area contributed by atoms with Crippen molar-refractivity contribution in [2.45, 2.75) is 0 Å². The Hall–Kier alpha value is -2.86. The minimum Gasteiger partial charge on any atom is -0.507 e. The number of hydrogen-bond acceptors (Lipinski definition) is 6. The van der Waals surface area contributed by atoms with Crippen LogP contribution in [0, 0.1) is 9.49 Å². The lowest BCUT2D eigenvalue weighted by Crippen LogP contribution is -2.58. The molecule has 1 aliphatic rings. The molecule has 0 aliphatic carbocycles. The van der Waals surface area contributed by atoms with Gasteiger partial charge in [0.1, 0.15) is 5.75 Å². The van der Waals surface area contributed by atoms with E-state index in [1.54, 1.807) is 36.4 Å². The quantitative estimate of drug-likeness (QED) is 0.192. The second-order valence-electron chi connectivity index (χ2n) is 5.67. The van der Waals surface area contributed by atoms with Crippen LogP contribution >= 0.6 is 34.8 Å². The summed E-state index contributed by atoms with van der Waals surface area (Å²) in [6, 6.07) is 13.0. The van der Waals surface area contributed by atoms with Crippen molar-refractivity contribution in [3.05, 3.63) is 57.7 Å². The van der Waals surface area contributed by atoms with Crippen LogP contribution in [0.5, 0.6) is 5.75 Å². The lowest BCUT2D eigenvalue weighted by molar-refractivity contribution is -0.130. The highest BCUT2D eigenvalue weighted by Crippen LogP contribution is 2.21. The zero-order chi connectivity index (χ0) is 20.3. The Labute approximate surface area is 178 Å². The first-order valence-electron chi connectivity index (χ1n) is 7.94. The van der Waals surface area contributed by atoms with E-state index in [1.165, 1.54) is 17.0 Å². The lowest BCUT2D eigenvalue weighted by Gasteiger charge is -2.30. The number of rotatable bonds is 4. The van der Waals surface area contributed by atoms with Crippen molar-refractivity contribution in [1.29, 1.82) is 0 Å². The van der Waals surface area contributed by atoms with E-state index in [9.17, 15) is 19.5 Å². The lowest BCUT2D eigenvalue weighted by atomic mass is 10.1. The summed E-state index contributed by atoms with van der Waals surface area (Å²) in [5, 5.41) is 15.8. The molecule has 2 aromatic rings. The van der Waals surface area contributed by atoms with Gasteiger partial charge in [0.05, 0.1) is 9.26 Å². The molecule has 142 valence electrons. The fourth-order valence-electron chi connectivity index (χ4n) is 2.43. The van der Waals surface area contributed by atoms with Gasteiger partial charge in [0, 0.05) is 11.8 Å². The average molecular weight is 508 g/mol. The highest BCUT2D eigenvalue weighted by Gasteiger charge is 2.38. The van der Waals surface area contributed by atoms with Crippen LogP contribution in [0.1, 0.15) is 10.4 Å². The van der Waals surface area contributed by atoms with Crippen LogP contribution in [0.2, 0.25) is 0 Å². The molecule has 0 saturated carbocycles. The van der Waals surface area contributed by atoms with Crippen LogP contribution in [0.15, 0.2) is 53.6 Å². The number of thiocarbonyl (C=S) groups is 1. The molecular formula is C18H13IN4O4S. The van der Waals surface area contributed by atoms with Crippen LogP contribution in [0.3, 0.4) is 0 Å². The van der Waals surface area contributed by atoms with Crippen molar-refractivity contribution in [3.8, 4) is 5.75 Å². The van der Waals surface area contributed by atoms with Gasteiger partial charge in [-0.05, 0) is 65.1 Å². The molecule has 3 amide bonds. The molecule has 0 radical (unpaired) electrons. The van der Waals surface area contributed by atoms with E-state index in [0.717, 1.165) is 6.21 Å². The Morgan fingerprint density at radius 1 is 1.25 bits per heavy atom. The van der Waals surface area contributed by atoms with Crippen molar-refractivity contribution < 1.29 is 19.5 Å². The Morgan fingerprint density at radius 3 is 2.64 bits per heavy atom. The van der Waals surface area contributed by atoms with Crippen molar-refractivity contribution in [2.75, 3.05) is 4.90 Å². The number of phenols is 1. The Balaban J connectivity index is 1.74. The smallest absolute Gasteiger partial charge is 0.271 e. The Kier molecular flexibility index (Phi) is 5.99. The topological polar surface area (TPSA) is 111 Å². The number of para-hydroxylation sites is 1. The van der Waals surface area contributed by atoms with Gasteiger partial charge in [0.2, 0.25) is 5.91 Å². The van der Waals surface area contributed by atoms with Gasteiger partial charge in [-0.25, -0.2) is 5.43 Å². The molecule has 1 fully saturated rings. The molecule has 1 saturated heterocycles. The van der Waals surface area contributed by atoms with E-state index in [2.05, 4.69) is 15.8 Å². The summed E-state index contributed by atoms with van der Waals surface area (Å²) in [6.07, 6.45) is 1.04. The number of halogens is 1. The zero-order valence-electron chi connectivity index (χ0n) is 14.1. The van der Waals surface area contributed by atoms with E-state index in [4.69, 9.17) is 12.2 Å². The molecule has 10 heteroatoms. The highest BCUT2D eigenvalue weighted by atomic mass is 127. The number of carbonyl (C=O) groups excluding carboxylic acids is 3. The molecule has 1 aliphatic heterocycles. The van der Waals surface area contributed by atoms with Crippen LogP contribution in [-0.2, 0) is 9.59 Å². The maximum atomic E-state index is 12.7. The van der Waals surface area contributed by atoms with Crippen LogP contribution < -0.4 is 15.6 Å². The van der Waals surface area contributed by atoms with Crippen molar-refractivity contribution in [2.24, 2.45) is 11.0 Å². The largest absolute Gasteiger partial charge is 0.507 e. The van der Waals surface area contributed by atoms with Gasteiger partial charge < -0.3 is 10.4 Å². The van der Waals surface area contributed by atoms with Gasteiger partial charge in [0.15, 0.2) is 11.0 Å². The molecule has 0 aromatic heterocycles. The molecule has 1 atom stereocenters. The number of benzene rings is 2. The molecule has 28 heavy (non-hydrogen) atoms. The van der Waals surface area contributed by atoms with E-state index in [0.29, 0.717) is 9.26 Å². The maximum absolute atomic E-state index is 12.7. The van der Waals surface area contributed by atoms with E-state index in [1.807, 2.05) is 22.6 Å². The fourth-order valence-corrected chi connectivity index (χ4v) is 3.06. The Morgan fingerprint density at radius 2 is 1.96 bits per heavy atom. The molecule has 0 spiro atoms. The molecule has 1 heterocycles. The molecule has 3 N–H and O–H groups in total. The molecule has 2 aromatic carbocycles. The number of amides is 3. The molecule has 8 nitrogen and oxygen atoms in total. The first kappa shape index (κ1) is 19.9. The normalized spacial score (nSPS) is 17.0. The zero-order valence-corrected chi connectivity index (χ0v) is 17.1. The summed E-state index contributed by atoms with van der Waals surface area (Å²) < 4.78 is 0.596. The Bertz CT molecular complexity index is 996. The molecule has 3 rings (SSSR count). The number of carbonyl (C=O) groups is 3. The van der Waals surface area contributed by atoms with Gasteiger partial charge in [-0.15, -0.1) is 0 Å². The summed E-state index contributed by atoms with van der Waals surface area (Å²) in [5.74, 6) is -3.09. The first-order chi connectivity index (χ1) is 13.4. The van der Waals surface area contributed by atoms with Gasteiger partial charge in [0.25, 0.3) is 11.8 Å². The number of nitrogens with one attached hydrogen (secondary N) is 2. The maximum Gasteiger partial charge on any atom is 0.271 e. The average Bonchev–Trinajstić information content (AvgIpc) is 2.67. The van der Waals surface area contributed by atoms with Crippen LogP contribution in [0.4, 0.5) is 5.69 Å². The minimum absolute atomic E-state index is 0.0238. The third kappa shape index (κ3) is 4.17. The number of hydrazone groups is 1. The summed E-state index contributed by atoms with van der Waals surface area (Å²) in [5.41, 5.74) is 2.92. The second-order valence-corrected chi connectivity index (χ2v) is 7.22. The highest BCUT2D eigenvalue weighted by molar-refractivity contribution is 14.1. The van der Waals surface area contributed by atoms with Gasteiger partial charge >= 0.3 is 0 Å². The van der Waals surface area contributed by atoms with Crippen molar-refractivity contribution in [3.63, 3.8) is 0 Å². The minimum atomic E-state index is -1.25. The standard InChI is InChI=1S/C18H13IN4O4S/c19-13-7-6-10(8-14(13)24)15(25)22-20-9-12-16(26)21-18(28)23(17(12)27)11-4-2-1-3-5-11/h1-9,12,24H,(H,22,25)(H,21,26,28)/b20-9-/t12-/m0/s1.